The molecule has 0 saturated heterocycles. The maximum absolute atomic E-state index is 12.2. The number of halogens is 2. The van der Waals surface area contributed by atoms with E-state index in [2.05, 4.69) is 37.0 Å². The lowest BCUT2D eigenvalue weighted by molar-refractivity contribution is 0.577. The quantitative estimate of drug-likeness (QED) is 0.764. The van der Waals surface area contributed by atoms with E-state index in [1.54, 1.807) is 22.9 Å². The fourth-order valence-corrected chi connectivity index (χ4v) is 4.04. The summed E-state index contributed by atoms with van der Waals surface area (Å²) in [6, 6.07) is 9.67. The third-order valence-corrected chi connectivity index (χ3v) is 5.31. The van der Waals surface area contributed by atoms with Crippen LogP contribution in [-0.2, 0) is 16.4 Å². The van der Waals surface area contributed by atoms with Crippen molar-refractivity contribution in [1.82, 2.24) is 9.78 Å². The number of rotatable bonds is 4. The molecular weight excluding hydrogens is 410 g/mol. The topological polar surface area (TPSA) is 75.8 Å². The largest absolute Gasteiger partial charge is 0.256 e. The van der Waals surface area contributed by atoms with E-state index in [9.17, 15) is 8.42 Å². The van der Waals surface area contributed by atoms with Crippen LogP contribution in [0.3, 0.4) is 0 Å². The van der Waals surface area contributed by atoms with Gasteiger partial charge in [0.1, 0.15) is 9.21 Å². The SMILES string of the molecule is N#Cc1cccc(S(=O)(=O)CCn2nc(Br)cc2Br)c1. The van der Waals surface area contributed by atoms with Crippen molar-refractivity contribution in [2.75, 3.05) is 5.75 Å². The first kappa shape index (κ1) is 15.2. The van der Waals surface area contributed by atoms with Gasteiger partial charge in [-0.25, -0.2) is 8.42 Å². The molecule has 0 aliphatic carbocycles. The first-order chi connectivity index (χ1) is 9.42. The van der Waals surface area contributed by atoms with E-state index < -0.39 is 9.84 Å². The van der Waals surface area contributed by atoms with Crippen LogP contribution in [0.25, 0.3) is 0 Å². The summed E-state index contributed by atoms with van der Waals surface area (Å²) in [7, 11) is -3.45. The summed E-state index contributed by atoms with van der Waals surface area (Å²) < 4.78 is 27.3. The summed E-state index contributed by atoms with van der Waals surface area (Å²) in [6.45, 7) is 0.227. The normalized spacial score (nSPS) is 11.2. The van der Waals surface area contributed by atoms with Crippen molar-refractivity contribution in [3.8, 4) is 6.07 Å². The minimum Gasteiger partial charge on any atom is -0.256 e. The van der Waals surface area contributed by atoms with Crippen LogP contribution in [0.5, 0.6) is 0 Å². The smallest absolute Gasteiger partial charge is 0.180 e. The second kappa shape index (κ2) is 6.08. The van der Waals surface area contributed by atoms with Gasteiger partial charge in [0.2, 0.25) is 0 Å². The molecule has 104 valence electrons. The van der Waals surface area contributed by atoms with Crippen LogP contribution in [-0.4, -0.2) is 24.0 Å². The summed E-state index contributed by atoms with van der Waals surface area (Å²) in [5.41, 5.74) is 0.328. The molecule has 1 heterocycles. The molecule has 0 spiro atoms. The van der Waals surface area contributed by atoms with Crippen LogP contribution in [0.4, 0.5) is 0 Å². The lowest BCUT2D eigenvalue weighted by atomic mass is 10.2. The van der Waals surface area contributed by atoms with Gasteiger partial charge in [-0.2, -0.15) is 10.4 Å². The van der Waals surface area contributed by atoms with Gasteiger partial charge in [-0.1, -0.05) is 6.07 Å². The van der Waals surface area contributed by atoms with Gasteiger partial charge in [0, 0.05) is 6.07 Å². The maximum Gasteiger partial charge on any atom is 0.180 e. The van der Waals surface area contributed by atoms with Gasteiger partial charge in [0.05, 0.1) is 28.8 Å². The first-order valence-corrected chi connectivity index (χ1v) is 8.78. The molecule has 1 aromatic carbocycles. The lowest BCUT2D eigenvalue weighted by Gasteiger charge is -2.06. The predicted octanol–water partition coefficient (Wildman–Crippen LogP) is 2.75. The van der Waals surface area contributed by atoms with E-state index >= 15 is 0 Å². The highest BCUT2D eigenvalue weighted by Crippen LogP contribution is 2.18. The van der Waals surface area contributed by atoms with Crippen LogP contribution >= 0.6 is 31.9 Å². The molecule has 0 aliphatic rings. The Morgan fingerprint density at radius 2 is 2.05 bits per heavy atom. The van der Waals surface area contributed by atoms with Crippen molar-refractivity contribution >= 4 is 41.7 Å². The molecule has 2 aromatic rings. The number of hydrogen-bond acceptors (Lipinski definition) is 4. The Labute approximate surface area is 133 Å². The second-order valence-electron chi connectivity index (χ2n) is 3.97. The maximum atomic E-state index is 12.2. The van der Waals surface area contributed by atoms with Crippen molar-refractivity contribution in [3.63, 3.8) is 0 Å². The molecule has 20 heavy (non-hydrogen) atoms. The number of hydrogen-bond donors (Lipinski definition) is 0. The average Bonchev–Trinajstić information content (AvgIpc) is 2.75. The number of nitrogens with zero attached hydrogens (tertiary/aromatic N) is 3. The molecule has 2 rings (SSSR count). The summed E-state index contributed by atoms with van der Waals surface area (Å²) in [4.78, 5) is 0.152. The van der Waals surface area contributed by atoms with Crippen LogP contribution in [0.15, 0.2) is 44.4 Å². The Morgan fingerprint density at radius 1 is 1.30 bits per heavy atom. The lowest BCUT2D eigenvalue weighted by Crippen LogP contribution is -2.14. The van der Waals surface area contributed by atoms with Gasteiger partial charge >= 0.3 is 0 Å². The number of sulfone groups is 1. The second-order valence-corrected chi connectivity index (χ2v) is 7.71. The molecule has 5 nitrogen and oxygen atoms in total. The third kappa shape index (κ3) is 3.48. The Bertz CT molecular complexity index is 778. The zero-order valence-corrected chi connectivity index (χ0v) is 14.1. The summed E-state index contributed by atoms with van der Waals surface area (Å²) in [6.07, 6.45) is 0. The number of aryl methyl sites for hydroxylation is 1. The Hall–Kier alpha value is -1.17. The van der Waals surface area contributed by atoms with E-state index in [1.807, 2.05) is 6.07 Å². The Balaban J connectivity index is 2.19. The van der Waals surface area contributed by atoms with E-state index in [0.29, 0.717) is 14.8 Å². The fourth-order valence-electron chi connectivity index (χ4n) is 1.61. The number of aromatic nitrogens is 2. The van der Waals surface area contributed by atoms with Crippen LogP contribution < -0.4 is 0 Å². The van der Waals surface area contributed by atoms with Crippen molar-refractivity contribution < 1.29 is 8.42 Å². The molecule has 1 aromatic heterocycles. The van der Waals surface area contributed by atoms with Crippen LogP contribution in [0, 0.1) is 11.3 Å². The molecule has 0 N–H and O–H groups in total. The van der Waals surface area contributed by atoms with Gasteiger partial charge in [0.25, 0.3) is 0 Å². The highest BCUT2D eigenvalue weighted by atomic mass is 79.9. The van der Waals surface area contributed by atoms with Crippen LogP contribution in [0.2, 0.25) is 0 Å². The van der Waals surface area contributed by atoms with Crippen molar-refractivity contribution in [1.29, 1.82) is 5.26 Å². The molecule has 0 radical (unpaired) electrons. The van der Waals surface area contributed by atoms with Gasteiger partial charge in [0.15, 0.2) is 9.84 Å². The van der Waals surface area contributed by atoms with Crippen molar-refractivity contribution in [3.05, 3.63) is 45.1 Å². The van der Waals surface area contributed by atoms with Gasteiger partial charge in [-0.05, 0) is 50.1 Å². The van der Waals surface area contributed by atoms with Crippen LogP contribution in [0.1, 0.15) is 5.56 Å². The fraction of sp³-hybridized carbons (Fsp3) is 0.167. The van der Waals surface area contributed by atoms with E-state index in [4.69, 9.17) is 5.26 Å². The van der Waals surface area contributed by atoms with Gasteiger partial charge in [-0.15, -0.1) is 0 Å². The van der Waals surface area contributed by atoms with Gasteiger partial charge < -0.3 is 0 Å². The summed E-state index contributed by atoms with van der Waals surface area (Å²) >= 11 is 6.52. The van der Waals surface area contributed by atoms with E-state index in [1.165, 1.54) is 12.1 Å². The average molecular weight is 419 g/mol. The summed E-state index contributed by atoms with van der Waals surface area (Å²) in [5.74, 6) is -0.0887. The Morgan fingerprint density at radius 3 is 2.65 bits per heavy atom. The zero-order chi connectivity index (χ0) is 14.8. The molecule has 0 bridgehead atoms. The summed E-state index contributed by atoms with van der Waals surface area (Å²) in [5, 5.41) is 12.9. The molecule has 0 aliphatic heterocycles. The highest BCUT2D eigenvalue weighted by Gasteiger charge is 2.16. The van der Waals surface area contributed by atoms with E-state index in [0.717, 1.165) is 0 Å². The molecule has 0 unspecified atom stereocenters. The zero-order valence-electron chi connectivity index (χ0n) is 10.1. The van der Waals surface area contributed by atoms with Crippen molar-refractivity contribution in [2.24, 2.45) is 0 Å². The minimum absolute atomic E-state index is 0.0887. The number of nitriles is 1. The molecule has 0 atom stereocenters. The molecular formula is C12H9Br2N3O2S. The third-order valence-electron chi connectivity index (χ3n) is 2.60. The first-order valence-electron chi connectivity index (χ1n) is 5.54. The predicted molar refractivity (Wildman–Crippen MR) is 80.8 cm³/mol. The van der Waals surface area contributed by atoms with E-state index in [-0.39, 0.29) is 17.2 Å². The monoisotopic (exact) mass is 417 g/mol. The standard InChI is InChI=1S/C12H9Br2N3O2S/c13-11-7-12(14)17(16-11)4-5-20(18,19)10-3-1-2-9(6-10)8-15/h1-3,6-7H,4-5H2. The molecule has 0 fully saturated rings. The highest BCUT2D eigenvalue weighted by molar-refractivity contribution is 9.11. The van der Waals surface area contributed by atoms with Crippen molar-refractivity contribution in [2.45, 2.75) is 11.4 Å². The molecule has 0 saturated carbocycles. The van der Waals surface area contributed by atoms with Gasteiger partial charge in [-0.3, -0.25) is 4.68 Å². The minimum atomic E-state index is -3.45. The molecule has 8 heteroatoms. The molecule has 0 amide bonds. The number of benzene rings is 1. The Kier molecular flexibility index (Phi) is 4.62.